The number of halogens is 1. The van der Waals surface area contributed by atoms with E-state index in [9.17, 15) is 9.59 Å². The van der Waals surface area contributed by atoms with Crippen LogP contribution in [-0.2, 0) is 16.1 Å². The van der Waals surface area contributed by atoms with Crippen molar-refractivity contribution in [2.24, 2.45) is 0 Å². The molecule has 0 spiro atoms. The molecule has 0 aliphatic heterocycles. The molecule has 1 aromatic carbocycles. The first-order valence-electron chi connectivity index (χ1n) is 8.09. The van der Waals surface area contributed by atoms with Gasteiger partial charge in [0.2, 0.25) is 11.8 Å². The quantitative estimate of drug-likeness (QED) is 0.593. The second-order valence-electron chi connectivity index (χ2n) is 5.79. The molecule has 4 nitrogen and oxygen atoms in total. The maximum absolute atomic E-state index is 11.7. The summed E-state index contributed by atoms with van der Waals surface area (Å²) in [4.78, 5) is 23.5. The normalized spacial score (nSPS) is 14.0. The summed E-state index contributed by atoms with van der Waals surface area (Å²) in [5.41, 5.74) is 2.37. The third kappa shape index (κ3) is 6.87. The van der Waals surface area contributed by atoms with E-state index >= 15 is 0 Å². The van der Waals surface area contributed by atoms with E-state index in [0.717, 1.165) is 24.8 Å². The van der Waals surface area contributed by atoms with Gasteiger partial charge in [-0.25, -0.2) is 0 Å². The first-order valence-corrected chi connectivity index (χ1v) is 8.47. The van der Waals surface area contributed by atoms with Gasteiger partial charge in [-0.1, -0.05) is 35.4 Å². The largest absolute Gasteiger partial charge is 0.355 e. The lowest BCUT2D eigenvalue weighted by Crippen LogP contribution is -2.32. The predicted octanol–water partition coefficient (Wildman–Crippen LogP) is 3.35. The minimum Gasteiger partial charge on any atom is -0.355 e. The number of nitrogens with one attached hydrogen (secondary N) is 2. The summed E-state index contributed by atoms with van der Waals surface area (Å²) in [5, 5.41) is 6.20. The Morgan fingerprint density at radius 2 is 1.78 bits per heavy atom. The van der Waals surface area contributed by atoms with Crippen LogP contribution in [0.5, 0.6) is 0 Å². The number of hydrogen-bond donors (Lipinski definition) is 2. The fourth-order valence-electron chi connectivity index (χ4n) is 2.57. The zero-order valence-corrected chi connectivity index (χ0v) is 14.0. The lowest BCUT2D eigenvalue weighted by Gasteiger charge is -2.13. The number of hydrogen-bond acceptors (Lipinski definition) is 2. The highest BCUT2D eigenvalue weighted by Gasteiger charge is 2.09. The first kappa shape index (κ1) is 17.5. The van der Waals surface area contributed by atoms with Crippen LogP contribution in [0.1, 0.15) is 44.1 Å². The zero-order valence-electron chi connectivity index (χ0n) is 13.2. The SMILES string of the molecule is O=C(CC(=O)NCc1ccc(Cl)cc1)NCCC1=CCCCC1. The molecule has 5 heteroatoms. The smallest absolute Gasteiger partial charge is 0.229 e. The molecule has 0 aromatic heterocycles. The average Bonchev–Trinajstić information content (AvgIpc) is 2.55. The molecular weight excluding hydrogens is 312 g/mol. The van der Waals surface area contributed by atoms with E-state index in [1.807, 2.05) is 12.1 Å². The van der Waals surface area contributed by atoms with Crippen LogP contribution in [0, 0.1) is 0 Å². The topological polar surface area (TPSA) is 58.2 Å². The molecular formula is C18H23ClN2O2. The van der Waals surface area contributed by atoms with Crippen molar-refractivity contribution in [2.75, 3.05) is 6.54 Å². The Morgan fingerprint density at radius 3 is 2.48 bits per heavy atom. The molecule has 23 heavy (non-hydrogen) atoms. The zero-order chi connectivity index (χ0) is 16.5. The van der Waals surface area contributed by atoms with Gasteiger partial charge in [0.25, 0.3) is 0 Å². The molecule has 0 radical (unpaired) electrons. The fourth-order valence-corrected chi connectivity index (χ4v) is 2.69. The molecule has 1 aliphatic carbocycles. The summed E-state index contributed by atoms with van der Waals surface area (Å²) >= 11 is 5.80. The van der Waals surface area contributed by atoms with Gasteiger partial charge in [-0.2, -0.15) is 0 Å². The molecule has 1 aliphatic rings. The maximum atomic E-state index is 11.7. The molecule has 0 saturated heterocycles. The molecule has 2 amide bonds. The van der Waals surface area contributed by atoms with Crippen LogP contribution >= 0.6 is 11.6 Å². The number of allylic oxidation sites excluding steroid dienone is 1. The Labute approximate surface area is 142 Å². The standard InChI is InChI=1S/C18H23ClN2O2/c19-16-8-6-15(7-9-16)13-21-18(23)12-17(22)20-11-10-14-4-2-1-3-5-14/h4,6-9H,1-3,5,10-13H2,(H,20,22)(H,21,23). The van der Waals surface area contributed by atoms with Gasteiger partial charge >= 0.3 is 0 Å². The van der Waals surface area contributed by atoms with Crippen molar-refractivity contribution in [3.05, 3.63) is 46.5 Å². The molecule has 0 heterocycles. The van der Waals surface area contributed by atoms with Crippen molar-refractivity contribution in [3.63, 3.8) is 0 Å². The second kappa shape index (κ2) is 9.36. The van der Waals surface area contributed by atoms with Gasteiger partial charge in [0.1, 0.15) is 6.42 Å². The van der Waals surface area contributed by atoms with Crippen molar-refractivity contribution in [2.45, 2.75) is 45.1 Å². The van der Waals surface area contributed by atoms with Gasteiger partial charge in [0, 0.05) is 18.1 Å². The maximum Gasteiger partial charge on any atom is 0.229 e. The van der Waals surface area contributed by atoms with E-state index in [4.69, 9.17) is 11.6 Å². The predicted molar refractivity (Wildman–Crippen MR) is 92.1 cm³/mol. The van der Waals surface area contributed by atoms with E-state index in [1.54, 1.807) is 12.1 Å². The first-order chi connectivity index (χ1) is 11.1. The summed E-state index contributed by atoms with van der Waals surface area (Å²) in [6.07, 6.45) is 7.82. The van der Waals surface area contributed by atoms with Gasteiger partial charge in [-0.05, 0) is 49.8 Å². The van der Waals surface area contributed by atoms with Crippen LogP contribution in [0.3, 0.4) is 0 Å². The highest BCUT2D eigenvalue weighted by Crippen LogP contribution is 2.19. The van der Waals surface area contributed by atoms with E-state index < -0.39 is 0 Å². The van der Waals surface area contributed by atoms with Crippen molar-refractivity contribution in [1.29, 1.82) is 0 Å². The van der Waals surface area contributed by atoms with Crippen LogP contribution in [-0.4, -0.2) is 18.4 Å². The summed E-state index contributed by atoms with van der Waals surface area (Å²) in [6.45, 7) is 1.01. The highest BCUT2D eigenvalue weighted by atomic mass is 35.5. The Bertz CT molecular complexity index is 567. The van der Waals surface area contributed by atoms with E-state index in [0.29, 0.717) is 18.1 Å². The molecule has 0 fully saturated rings. The number of amides is 2. The number of benzene rings is 1. The van der Waals surface area contributed by atoms with Crippen LogP contribution in [0.15, 0.2) is 35.9 Å². The van der Waals surface area contributed by atoms with Gasteiger partial charge < -0.3 is 10.6 Å². The lowest BCUT2D eigenvalue weighted by molar-refractivity contribution is -0.129. The lowest BCUT2D eigenvalue weighted by atomic mass is 9.97. The van der Waals surface area contributed by atoms with Crippen LogP contribution < -0.4 is 10.6 Å². The average molecular weight is 335 g/mol. The summed E-state index contributed by atoms with van der Waals surface area (Å²) in [6, 6.07) is 7.24. The van der Waals surface area contributed by atoms with Crippen LogP contribution in [0.25, 0.3) is 0 Å². The molecule has 0 bridgehead atoms. The minimum absolute atomic E-state index is 0.132. The Hall–Kier alpha value is -1.81. The number of carbonyl (C=O) groups is 2. The minimum atomic E-state index is -0.269. The second-order valence-corrected chi connectivity index (χ2v) is 6.22. The van der Waals surface area contributed by atoms with Crippen LogP contribution in [0.4, 0.5) is 0 Å². The summed E-state index contributed by atoms with van der Waals surface area (Å²) < 4.78 is 0. The van der Waals surface area contributed by atoms with Gasteiger partial charge in [0.15, 0.2) is 0 Å². The molecule has 0 atom stereocenters. The van der Waals surface area contributed by atoms with E-state index in [2.05, 4.69) is 16.7 Å². The summed E-state index contributed by atoms with van der Waals surface area (Å²) in [5.74, 6) is -0.496. The number of carbonyl (C=O) groups excluding carboxylic acids is 2. The Balaban J connectivity index is 1.61. The fraction of sp³-hybridized carbons (Fsp3) is 0.444. The van der Waals surface area contributed by atoms with Crippen molar-refractivity contribution in [3.8, 4) is 0 Å². The Kier molecular flexibility index (Phi) is 7.14. The van der Waals surface area contributed by atoms with Crippen molar-refractivity contribution < 1.29 is 9.59 Å². The van der Waals surface area contributed by atoms with Gasteiger partial charge in [-0.3, -0.25) is 9.59 Å². The van der Waals surface area contributed by atoms with E-state index in [-0.39, 0.29) is 18.2 Å². The Morgan fingerprint density at radius 1 is 1.04 bits per heavy atom. The third-order valence-electron chi connectivity index (χ3n) is 3.88. The van der Waals surface area contributed by atoms with E-state index in [1.165, 1.54) is 18.4 Å². The summed E-state index contributed by atoms with van der Waals surface area (Å²) in [7, 11) is 0. The van der Waals surface area contributed by atoms with Gasteiger partial charge in [-0.15, -0.1) is 0 Å². The van der Waals surface area contributed by atoms with Crippen molar-refractivity contribution in [1.82, 2.24) is 10.6 Å². The molecule has 2 N–H and O–H groups in total. The molecule has 1 aromatic rings. The molecule has 0 unspecified atom stereocenters. The highest BCUT2D eigenvalue weighted by molar-refractivity contribution is 6.30. The molecule has 0 saturated carbocycles. The monoisotopic (exact) mass is 334 g/mol. The third-order valence-corrected chi connectivity index (χ3v) is 4.13. The van der Waals surface area contributed by atoms with Crippen molar-refractivity contribution >= 4 is 23.4 Å². The van der Waals surface area contributed by atoms with Crippen LogP contribution in [0.2, 0.25) is 5.02 Å². The van der Waals surface area contributed by atoms with Gasteiger partial charge in [0.05, 0.1) is 0 Å². The molecule has 124 valence electrons. The molecule has 2 rings (SSSR count). The number of rotatable bonds is 7.